The topological polar surface area (TPSA) is 87.6 Å². The Balaban J connectivity index is 1.39. The zero-order valence-electron chi connectivity index (χ0n) is 15.3. The molecule has 7 heteroatoms. The third-order valence-corrected chi connectivity index (χ3v) is 4.29. The van der Waals surface area contributed by atoms with Gasteiger partial charge in [0.1, 0.15) is 11.5 Å². The molecule has 2 aromatic heterocycles. The van der Waals surface area contributed by atoms with Gasteiger partial charge >= 0.3 is 5.97 Å². The summed E-state index contributed by atoms with van der Waals surface area (Å²) in [6.45, 7) is 0. The molecule has 0 spiro atoms. The molecular weight excluding hydrogens is 360 g/mol. The molecule has 0 unspecified atom stereocenters. The van der Waals surface area contributed by atoms with E-state index < -0.39 is 0 Å². The van der Waals surface area contributed by atoms with E-state index in [-0.39, 0.29) is 12.4 Å². The summed E-state index contributed by atoms with van der Waals surface area (Å²) >= 11 is 0. The first-order valence-electron chi connectivity index (χ1n) is 8.84. The Bertz CT molecular complexity index is 1080. The van der Waals surface area contributed by atoms with Gasteiger partial charge in [-0.15, -0.1) is 0 Å². The van der Waals surface area contributed by atoms with Gasteiger partial charge in [-0.25, -0.2) is 0 Å². The van der Waals surface area contributed by atoms with Crippen molar-refractivity contribution < 1.29 is 23.3 Å². The minimum absolute atomic E-state index is 0.159. The highest BCUT2D eigenvalue weighted by Crippen LogP contribution is 2.25. The Labute approximate surface area is 160 Å². The molecule has 142 valence electrons. The summed E-state index contributed by atoms with van der Waals surface area (Å²) in [7, 11) is 1.50. The average Bonchev–Trinajstić information content (AvgIpc) is 3.34. The summed E-state index contributed by atoms with van der Waals surface area (Å²) in [5, 5.41) is 8.75. The van der Waals surface area contributed by atoms with Gasteiger partial charge in [0.2, 0.25) is 0 Å². The molecule has 4 rings (SSSR count). The van der Waals surface area contributed by atoms with Gasteiger partial charge in [0.25, 0.3) is 5.88 Å². The first-order valence-corrected chi connectivity index (χ1v) is 8.84. The summed E-state index contributed by atoms with van der Waals surface area (Å²) in [6.07, 6.45) is 1.21. The van der Waals surface area contributed by atoms with Crippen molar-refractivity contribution in [1.82, 2.24) is 10.3 Å². The van der Waals surface area contributed by atoms with Gasteiger partial charge in [-0.2, -0.15) is 0 Å². The van der Waals surface area contributed by atoms with Gasteiger partial charge in [-0.3, -0.25) is 4.79 Å². The van der Waals surface area contributed by atoms with E-state index >= 15 is 0 Å². The van der Waals surface area contributed by atoms with Crippen LogP contribution in [0, 0.1) is 0 Å². The van der Waals surface area contributed by atoms with Crippen molar-refractivity contribution in [2.75, 3.05) is 7.11 Å². The molecule has 0 atom stereocenters. The molecule has 0 N–H and O–H groups in total. The van der Waals surface area contributed by atoms with Crippen molar-refractivity contribution in [3.8, 4) is 11.6 Å². The van der Waals surface area contributed by atoms with Gasteiger partial charge in [0.05, 0.1) is 19.2 Å². The van der Waals surface area contributed by atoms with Gasteiger partial charge in [0.15, 0.2) is 5.58 Å². The summed E-state index contributed by atoms with van der Waals surface area (Å²) in [6, 6.07) is 16.9. The molecule has 2 heterocycles. The number of aromatic nitrogens is 2. The van der Waals surface area contributed by atoms with Crippen LogP contribution in [0.1, 0.15) is 23.4 Å². The maximum Gasteiger partial charge on any atom is 0.311 e. The van der Waals surface area contributed by atoms with Crippen molar-refractivity contribution in [1.29, 1.82) is 0 Å². The third-order valence-electron chi connectivity index (χ3n) is 4.29. The van der Waals surface area contributed by atoms with E-state index in [1.807, 2.05) is 36.4 Å². The van der Waals surface area contributed by atoms with Gasteiger partial charge in [-0.1, -0.05) is 35.5 Å². The Kier molecular flexibility index (Phi) is 5.05. The fraction of sp³-hybridized carbons (Fsp3) is 0.190. The molecule has 0 fully saturated rings. The number of methoxy groups -OCH3 is 1. The predicted molar refractivity (Wildman–Crippen MR) is 100 cm³/mol. The molecule has 0 bridgehead atoms. The van der Waals surface area contributed by atoms with Crippen molar-refractivity contribution in [3.05, 3.63) is 71.6 Å². The quantitative estimate of drug-likeness (QED) is 0.355. The van der Waals surface area contributed by atoms with Crippen LogP contribution in [0.4, 0.5) is 0 Å². The number of nitrogens with zero attached hydrogens (tertiary/aromatic N) is 2. The number of hydrogen-bond donors (Lipinski definition) is 0. The summed E-state index contributed by atoms with van der Waals surface area (Å²) < 4.78 is 20.8. The molecule has 0 saturated carbocycles. The van der Waals surface area contributed by atoms with Crippen LogP contribution in [0.25, 0.3) is 11.0 Å². The molecule has 28 heavy (non-hydrogen) atoms. The van der Waals surface area contributed by atoms with Crippen LogP contribution in [0.3, 0.4) is 0 Å². The lowest BCUT2D eigenvalue weighted by Crippen LogP contribution is -2.08. The van der Waals surface area contributed by atoms with Crippen LogP contribution in [0.5, 0.6) is 11.6 Å². The van der Waals surface area contributed by atoms with Gasteiger partial charge in [-0.05, 0) is 22.9 Å². The first kappa shape index (κ1) is 17.8. The van der Waals surface area contributed by atoms with Crippen molar-refractivity contribution >= 4 is 16.9 Å². The van der Waals surface area contributed by atoms with E-state index in [9.17, 15) is 4.79 Å². The fourth-order valence-corrected chi connectivity index (χ4v) is 2.87. The second-order valence-corrected chi connectivity index (χ2v) is 6.26. The lowest BCUT2D eigenvalue weighted by molar-refractivity contribution is -0.134. The number of ether oxygens (including phenoxy) is 2. The van der Waals surface area contributed by atoms with Gasteiger partial charge in [0, 0.05) is 30.4 Å². The monoisotopic (exact) mass is 378 g/mol. The minimum Gasteiger partial charge on any atom is -0.479 e. The van der Waals surface area contributed by atoms with E-state index in [1.54, 1.807) is 18.2 Å². The smallest absolute Gasteiger partial charge is 0.311 e. The Morgan fingerprint density at radius 2 is 1.89 bits per heavy atom. The summed E-state index contributed by atoms with van der Waals surface area (Å²) in [4.78, 5) is 12.1. The Hall–Kier alpha value is -3.61. The molecule has 4 aromatic rings. The van der Waals surface area contributed by atoms with Gasteiger partial charge < -0.3 is 18.5 Å². The maximum absolute atomic E-state index is 12.1. The largest absolute Gasteiger partial charge is 0.479 e. The van der Waals surface area contributed by atoms with Crippen LogP contribution in [-0.2, 0) is 17.6 Å². The van der Waals surface area contributed by atoms with Crippen LogP contribution >= 0.6 is 0 Å². The number of aryl methyl sites for hydroxylation is 1. The lowest BCUT2D eigenvalue weighted by atomic mass is 10.1. The predicted octanol–water partition coefficient (Wildman–Crippen LogP) is 3.95. The molecular formula is C21H18N2O5. The van der Waals surface area contributed by atoms with E-state index in [1.165, 1.54) is 7.11 Å². The number of fused-ring (bicyclic) bond motifs is 1. The molecule has 0 radical (unpaired) electrons. The Morgan fingerprint density at radius 3 is 2.68 bits per heavy atom. The molecule has 7 nitrogen and oxygen atoms in total. The highest BCUT2D eigenvalue weighted by molar-refractivity contribution is 5.82. The molecule has 0 saturated heterocycles. The van der Waals surface area contributed by atoms with Crippen molar-refractivity contribution in [2.24, 2.45) is 0 Å². The lowest BCUT2D eigenvalue weighted by Gasteiger charge is -2.03. The average molecular weight is 378 g/mol. The molecule has 0 aliphatic rings. The Morgan fingerprint density at radius 1 is 1.04 bits per heavy atom. The zero-order chi connectivity index (χ0) is 19.3. The highest BCUT2D eigenvalue weighted by Gasteiger charge is 2.13. The van der Waals surface area contributed by atoms with E-state index in [0.717, 1.165) is 16.6 Å². The second kappa shape index (κ2) is 7.96. The van der Waals surface area contributed by atoms with E-state index in [0.29, 0.717) is 35.8 Å². The number of hydrogen-bond acceptors (Lipinski definition) is 7. The number of carbonyl (C=O) groups is 1. The maximum atomic E-state index is 12.1. The third kappa shape index (κ3) is 4.03. The first-order chi connectivity index (χ1) is 13.7. The van der Waals surface area contributed by atoms with Crippen molar-refractivity contribution in [2.45, 2.75) is 19.3 Å². The number of carbonyl (C=O) groups excluding carboxylic acids is 1. The van der Waals surface area contributed by atoms with Crippen LogP contribution in [0.15, 0.2) is 63.6 Å². The SMILES string of the molecule is COc1cc(CCC(=O)Oc2ccc3c(Cc4ccccc4)noc3c2)on1. The standard InChI is InChI=1S/C21H18N2O5/c1-25-20-13-16(27-23-20)8-10-21(24)26-15-7-9-17-18(22-28-19(17)12-15)11-14-5-3-2-4-6-14/h2-7,9,12-13H,8,10-11H2,1H3. The highest BCUT2D eigenvalue weighted by atomic mass is 16.5. The normalized spacial score (nSPS) is 10.9. The summed E-state index contributed by atoms with van der Waals surface area (Å²) in [5.74, 6) is 0.976. The van der Waals surface area contributed by atoms with Crippen LogP contribution in [0.2, 0.25) is 0 Å². The molecule has 0 amide bonds. The zero-order valence-corrected chi connectivity index (χ0v) is 15.3. The molecule has 2 aromatic carbocycles. The molecule has 0 aliphatic heterocycles. The minimum atomic E-state index is -0.376. The second-order valence-electron chi connectivity index (χ2n) is 6.26. The van der Waals surface area contributed by atoms with E-state index in [2.05, 4.69) is 10.3 Å². The number of rotatable bonds is 7. The summed E-state index contributed by atoms with van der Waals surface area (Å²) in [5.41, 5.74) is 2.58. The number of esters is 1. The van der Waals surface area contributed by atoms with Crippen LogP contribution < -0.4 is 9.47 Å². The van der Waals surface area contributed by atoms with Crippen LogP contribution in [-0.4, -0.2) is 23.4 Å². The number of benzene rings is 2. The van der Waals surface area contributed by atoms with Crippen molar-refractivity contribution in [3.63, 3.8) is 0 Å². The van der Waals surface area contributed by atoms with E-state index in [4.69, 9.17) is 18.5 Å². The fourth-order valence-electron chi connectivity index (χ4n) is 2.87. The molecule has 0 aliphatic carbocycles.